The number of halogens is 3. The number of carbonyl (C=O) groups is 1. The lowest BCUT2D eigenvalue weighted by atomic mass is 10.0. The third-order valence-electron chi connectivity index (χ3n) is 3.73. The number of aromatic nitrogens is 2. The molecule has 0 spiro atoms. The van der Waals surface area contributed by atoms with Gasteiger partial charge in [0.15, 0.2) is 17.2 Å². The Hall–Kier alpha value is -3.89. The first-order valence-corrected chi connectivity index (χ1v) is 7.94. The van der Waals surface area contributed by atoms with Crippen LogP contribution in [0, 0.1) is 5.41 Å². The predicted molar refractivity (Wildman–Crippen MR) is 95.3 cm³/mol. The molecule has 1 aromatic heterocycles. The highest BCUT2D eigenvalue weighted by molar-refractivity contribution is 6.08. The molecule has 29 heavy (non-hydrogen) atoms. The molecule has 0 unspecified atom stereocenters. The molecule has 150 valence electrons. The summed E-state index contributed by atoms with van der Waals surface area (Å²) >= 11 is 0. The molecule has 0 fully saturated rings. The molecule has 0 aliphatic rings. The molecule has 1 heterocycles. The molecular weight excluding hydrogens is 393 g/mol. The van der Waals surface area contributed by atoms with Gasteiger partial charge in [-0.3, -0.25) is 5.41 Å². The molecule has 0 amide bonds. The number of esters is 1. The molecule has 0 radical (unpaired) electrons. The zero-order valence-corrected chi connectivity index (χ0v) is 14.8. The number of benzene rings is 2. The number of hydrogen-bond donors (Lipinski definition) is 2. The highest BCUT2D eigenvalue weighted by Gasteiger charge is 2.42. The Labute approximate surface area is 161 Å². The maximum atomic E-state index is 12.8. The van der Waals surface area contributed by atoms with Gasteiger partial charge in [0.25, 0.3) is 0 Å². The van der Waals surface area contributed by atoms with Crippen molar-refractivity contribution in [2.24, 2.45) is 5.73 Å². The van der Waals surface area contributed by atoms with Crippen molar-refractivity contribution in [2.45, 2.75) is 6.18 Å². The fraction of sp³-hybridized carbons (Fsp3) is 0.111. The van der Waals surface area contributed by atoms with Crippen LogP contribution in [0.2, 0.25) is 0 Å². The van der Waals surface area contributed by atoms with Crippen LogP contribution in [-0.2, 0) is 4.79 Å². The van der Waals surface area contributed by atoms with Crippen molar-refractivity contribution >= 4 is 22.6 Å². The van der Waals surface area contributed by atoms with Gasteiger partial charge in [-0.25, -0.2) is 14.8 Å². The number of methoxy groups -OCH3 is 1. The molecule has 0 atom stereocenters. The molecule has 0 saturated carbocycles. The second-order valence-corrected chi connectivity index (χ2v) is 5.57. The highest BCUT2D eigenvalue weighted by atomic mass is 19.4. The Balaban J connectivity index is 2.31. The van der Waals surface area contributed by atoms with E-state index >= 15 is 0 Å². The number of nitrogens with one attached hydrogen (secondary N) is 1. The Morgan fingerprint density at radius 2 is 1.76 bits per heavy atom. The van der Waals surface area contributed by atoms with Gasteiger partial charge in [0.1, 0.15) is 5.84 Å². The Morgan fingerprint density at radius 1 is 1.10 bits per heavy atom. The van der Waals surface area contributed by atoms with Crippen molar-refractivity contribution in [3.8, 4) is 23.3 Å². The summed E-state index contributed by atoms with van der Waals surface area (Å²) in [6.45, 7) is 0. The minimum absolute atomic E-state index is 0.0675. The monoisotopic (exact) mass is 406 g/mol. The molecule has 11 heteroatoms. The largest absolute Gasteiger partial charge is 0.493 e. The van der Waals surface area contributed by atoms with Crippen LogP contribution in [0.5, 0.6) is 23.3 Å². The first-order chi connectivity index (χ1) is 13.7. The number of alkyl halides is 3. The van der Waals surface area contributed by atoms with Crippen LogP contribution in [0.3, 0.4) is 0 Å². The van der Waals surface area contributed by atoms with Crippen molar-refractivity contribution in [2.75, 3.05) is 7.11 Å². The predicted octanol–water partition coefficient (Wildman–Crippen LogP) is 3.18. The van der Waals surface area contributed by atoms with E-state index in [1.807, 2.05) is 0 Å². The maximum Gasteiger partial charge on any atom is 0.491 e. The van der Waals surface area contributed by atoms with E-state index in [0.717, 1.165) is 0 Å². The van der Waals surface area contributed by atoms with E-state index in [2.05, 4.69) is 14.7 Å². The minimum Gasteiger partial charge on any atom is -0.493 e. The van der Waals surface area contributed by atoms with E-state index < -0.39 is 23.7 Å². The highest BCUT2D eigenvalue weighted by Crippen LogP contribution is 2.44. The Morgan fingerprint density at radius 3 is 2.34 bits per heavy atom. The molecule has 0 bridgehead atoms. The summed E-state index contributed by atoms with van der Waals surface area (Å²) in [5, 5.41) is 7.92. The summed E-state index contributed by atoms with van der Waals surface area (Å²) in [6.07, 6.45) is -2.48. The molecule has 0 aliphatic carbocycles. The summed E-state index contributed by atoms with van der Waals surface area (Å²) in [5.41, 5.74) is 5.24. The molecule has 3 rings (SSSR count). The van der Waals surface area contributed by atoms with E-state index in [1.165, 1.54) is 49.8 Å². The molecular formula is C18H13F3N4O4. The van der Waals surface area contributed by atoms with Gasteiger partial charge in [0, 0.05) is 12.4 Å². The molecule has 0 saturated heterocycles. The van der Waals surface area contributed by atoms with Crippen molar-refractivity contribution in [3.63, 3.8) is 0 Å². The van der Waals surface area contributed by atoms with E-state index in [9.17, 15) is 18.0 Å². The number of rotatable bonds is 5. The van der Waals surface area contributed by atoms with E-state index in [4.69, 9.17) is 20.6 Å². The number of hydrogen-bond acceptors (Lipinski definition) is 7. The van der Waals surface area contributed by atoms with Gasteiger partial charge < -0.3 is 19.9 Å². The lowest BCUT2D eigenvalue weighted by molar-refractivity contribution is -0.189. The third-order valence-corrected chi connectivity index (χ3v) is 3.73. The zero-order chi connectivity index (χ0) is 21.2. The standard InChI is InChI=1S/C18H13F3N4O4/c1-27-11-6-4-9-3-5-10(15(22)23)13(28-16(26)18(19,20)21)12(9)14(11)29-17-24-7-2-8-25-17/h2-8H,1H3,(H3,22,23). The first-order valence-electron chi connectivity index (χ1n) is 7.94. The fourth-order valence-corrected chi connectivity index (χ4v) is 2.50. The van der Waals surface area contributed by atoms with E-state index in [1.54, 1.807) is 0 Å². The van der Waals surface area contributed by atoms with E-state index in [0.29, 0.717) is 5.39 Å². The number of nitrogens with two attached hydrogens (primary N) is 1. The first kappa shape index (κ1) is 19.9. The lowest BCUT2D eigenvalue weighted by Crippen LogP contribution is -2.29. The van der Waals surface area contributed by atoms with Gasteiger partial charge in [-0.1, -0.05) is 12.1 Å². The van der Waals surface area contributed by atoms with Crippen LogP contribution < -0.4 is 19.9 Å². The van der Waals surface area contributed by atoms with Crippen LogP contribution in [0.1, 0.15) is 5.56 Å². The Bertz CT molecular complexity index is 1090. The Kier molecular flexibility index (Phi) is 5.22. The number of fused-ring (bicyclic) bond motifs is 1. The third kappa shape index (κ3) is 4.03. The average molecular weight is 406 g/mol. The quantitative estimate of drug-likeness (QED) is 0.289. The smallest absolute Gasteiger partial charge is 0.491 e. The number of amidine groups is 1. The zero-order valence-electron chi connectivity index (χ0n) is 14.8. The van der Waals surface area contributed by atoms with Gasteiger partial charge in [0.2, 0.25) is 0 Å². The maximum absolute atomic E-state index is 12.8. The van der Waals surface area contributed by atoms with Crippen molar-refractivity contribution < 1.29 is 32.2 Å². The summed E-state index contributed by atoms with van der Waals surface area (Å²) in [6, 6.07) is 7.18. The number of carbonyl (C=O) groups excluding carboxylic acids is 1. The summed E-state index contributed by atoms with van der Waals surface area (Å²) in [7, 11) is 1.32. The molecule has 8 nitrogen and oxygen atoms in total. The van der Waals surface area contributed by atoms with Crippen LogP contribution in [0.4, 0.5) is 13.2 Å². The second kappa shape index (κ2) is 7.62. The summed E-state index contributed by atoms with van der Waals surface area (Å²) < 4.78 is 53.9. The van der Waals surface area contributed by atoms with Gasteiger partial charge in [-0.15, -0.1) is 0 Å². The molecule has 2 aromatic carbocycles. The van der Waals surface area contributed by atoms with Gasteiger partial charge >= 0.3 is 18.2 Å². The fourth-order valence-electron chi connectivity index (χ4n) is 2.50. The lowest BCUT2D eigenvalue weighted by Gasteiger charge is -2.17. The van der Waals surface area contributed by atoms with Crippen LogP contribution in [0.15, 0.2) is 42.7 Å². The van der Waals surface area contributed by atoms with Crippen LogP contribution >= 0.6 is 0 Å². The minimum atomic E-state index is -5.27. The average Bonchev–Trinajstić information content (AvgIpc) is 2.68. The second-order valence-electron chi connectivity index (χ2n) is 5.57. The van der Waals surface area contributed by atoms with Gasteiger partial charge in [0.05, 0.1) is 18.1 Å². The number of nitrogen functional groups attached to an aromatic ring is 1. The summed E-state index contributed by atoms with van der Waals surface area (Å²) in [5.74, 6) is -3.68. The van der Waals surface area contributed by atoms with Crippen molar-refractivity contribution in [1.82, 2.24) is 9.97 Å². The van der Waals surface area contributed by atoms with Crippen molar-refractivity contribution in [3.05, 3.63) is 48.3 Å². The van der Waals surface area contributed by atoms with Gasteiger partial charge in [-0.05, 0) is 23.6 Å². The number of ether oxygens (including phenoxy) is 3. The molecule has 3 N–H and O–H groups in total. The molecule has 3 aromatic rings. The van der Waals surface area contributed by atoms with Crippen molar-refractivity contribution in [1.29, 1.82) is 5.41 Å². The van der Waals surface area contributed by atoms with Crippen LogP contribution in [-0.4, -0.2) is 35.1 Å². The van der Waals surface area contributed by atoms with Gasteiger partial charge in [-0.2, -0.15) is 13.2 Å². The topological polar surface area (TPSA) is 120 Å². The number of nitrogens with zero attached hydrogens (tertiary/aromatic N) is 2. The van der Waals surface area contributed by atoms with E-state index in [-0.39, 0.29) is 28.5 Å². The molecule has 0 aliphatic heterocycles. The van der Waals surface area contributed by atoms with Crippen LogP contribution in [0.25, 0.3) is 10.8 Å². The normalized spacial score (nSPS) is 11.2. The summed E-state index contributed by atoms with van der Waals surface area (Å²) in [4.78, 5) is 19.3. The SMILES string of the molecule is COc1ccc2ccc(C(=N)N)c(OC(=O)C(F)(F)F)c2c1Oc1ncccn1.